The van der Waals surface area contributed by atoms with Gasteiger partial charge in [0, 0.05) is 5.56 Å². The second-order valence-corrected chi connectivity index (χ2v) is 6.40. The number of hydrogen-bond donors (Lipinski definition) is 1. The number of rotatable bonds is 3. The molecule has 0 saturated carbocycles. The van der Waals surface area contributed by atoms with E-state index in [0.717, 1.165) is 11.6 Å². The first-order valence-corrected chi connectivity index (χ1v) is 8.32. The Kier molecular flexibility index (Phi) is 4.49. The van der Waals surface area contributed by atoms with E-state index in [0.29, 0.717) is 11.3 Å². The molecular formula is C17H13F3N2O2S. The van der Waals surface area contributed by atoms with Gasteiger partial charge >= 0.3 is 6.18 Å². The molecule has 3 aromatic rings. The number of nitrogens with zero attached hydrogens (tertiary/aromatic N) is 2. The molecule has 1 aromatic heterocycles. The molecule has 0 aliphatic rings. The van der Waals surface area contributed by atoms with Crippen LogP contribution in [-0.2, 0) is 17.3 Å². The number of aromatic nitrogens is 2. The van der Waals surface area contributed by atoms with Crippen molar-refractivity contribution in [1.82, 2.24) is 9.78 Å². The van der Waals surface area contributed by atoms with Gasteiger partial charge in [-0.15, -0.1) is 0 Å². The lowest BCUT2D eigenvalue weighted by Crippen LogP contribution is -2.07. The molecule has 0 amide bonds. The Bertz CT molecular complexity index is 917. The molecule has 2 aromatic carbocycles. The normalized spacial score (nSPS) is 13.0. The molecule has 1 unspecified atom stereocenters. The summed E-state index contributed by atoms with van der Waals surface area (Å²) in [4.78, 5) is 0.168. The highest BCUT2D eigenvalue weighted by Crippen LogP contribution is 2.33. The van der Waals surface area contributed by atoms with E-state index >= 15 is 0 Å². The predicted molar refractivity (Wildman–Crippen MR) is 87.8 cm³/mol. The quantitative estimate of drug-likeness (QED) is 0.697. The van der Waals surface area contributed by atoms with E-state index in [1.807, 2.05) is 6.92 Å². The maximum atomic E-state index is 13.1. The highest BCUT2D eigenvalue weighted by molar-refractivity contribution is 7.79. The molecule has 1 N–H and O–H groups in total. The smallest absolute Gasteiger partial charge is 0.302 e. The molecule has 0 aliphatic carbocycles. The van der Waals surface area contributed by atoms with Gasteiger partial charge in [0.05, 0.1) is 16.3 Å². The van der Waals surface area contributed by atoms with Gasteiger partial charge in [-0.25, -0.2) is 8.89 Å². The molecule has 0 aliphatic heterocycles. The fourth-order valence-corrected chi connectivity index (χ4v) is 2.72. The summed E-state index contributed by atoms with van der Waals surface area (Å²) >= 11 is -2.15. The Balaban J connectivity index is 2.15. The van der Waals surface area contributed by atoms with Crippen molar-refractivity contribution in [2.75, 3.05) is 0 Å². The van der Waals surface area contributed by atoms with Crippen LogP contribution in [0, 0.1) is 6.92 Å². The average Bonchev–Trinajstić information content (AvgIpc) is 3.01. The molecule has 0 radical (unpaired) electrons. The van der Waals surface area contributed by atoms with E-state index in [9.17, 15) is 17.4 Å². The highest BCUT2D eigenvalue weighted by atomic mass is 32.2. The van der Waals surface area contributed by atoms with Gasteiger partial charge < -0.3 is 4.55 Å². The summed E-state index contributed by atoms with van der Waals surface area (Å²) in [5.74, 6) is 0. The van der Waals surface area contributed by atoms with Gasteiger partial charge in [0.15, 0.2) is 16.8 Å². The molecule has 4 nitrogen and oxygen atoms in total. The number of benzene rings is 2. The highest BCUT2D eigenvalue weighted by Gasteiger charge is 2.35. The zero-order chi connectivity index (χ0) is 18.2. The van der Waals surface area contributed by atoms with E-state index in [1.165, 1.54) is 28.9 Å². The van der Waals surface area contributed by atoms with Crippen molar-refractivity contribution in [1.29, 1.82) is 0 Å². The van der Waals surface area contributed by atoms with E-state index in [1.54, 1.807) is 24.3 Å². The standard InChI is InChI=1S/C17H13F3N2O2S/c1-11-2-6-13(7-3-11)22-15(10-16(21-22)17(18,19)20)12-4-8-14(9-5-12)25(23)24/h2-10H,1H3,(H,23,24). The van der Waals surface area contributed by atoms with E-state index < -0.39 is 23.0 Å². The third-order valence-electron chi connectivity index (χ3n) is 3.63. The van der Waals surface area contributed by atoms with Gasteiger partial charge in [-0.3, -0.25) is 0 Å². The van der Waals surface area contributed by atoms with Crippen molar-refractivity contribution in [2.24, 2.45) is 0 Å². The van der Waals surface area contributed by atoms with Gasteiger partial charge in [-0.2, -0.15) is 18.3 Å². The Hall–Kier alpha value is -2.45. The summed E-state index contributed by atoms with van der Waals surface area (Å²) in [5, 5.41) is 3.70. The summed E-state index contributed by atoms with van der Waals surface area (Å²) in [6.45, 7) is 1.88. The van der Waals surface area contributed by atoms with E-state index in [-0.39, 0.29) is 10.6 Å². The van der Waals surface area contributed by atoms with Gasteiger partial charge in [0.25, 0.3) is 0 Å². The monoisotopic (exact) mass is 366 g/mol. The largest absolute Gasteiger partial charge is 0.435 e. The van der Waals surface area contributed by atoms with Crippen molar-refractivity contribution in [2.45, 2.75) is 18.0 Å². The first kappa shape index (κ1) is 17.4. The topological polar surface area (TPSA) is 55.1 Å². The van der Waals surface area contributed by atoms with E-state index in [2.05, 4.69) is 5.10 Å². The van der Waals surface area contributed by atoms with Crippen LogP contribution in [0.25, 0.3) is 16.9 Å². The van der Waals surface area contributed by atoms with Crippen LogP contribution < -0.4 is 0 Å². The van der Waals surface area contributed by atoms with Crippen molar-refractivity contribution in [3.63, 3.8) is 0 Å². The minimum absolute atomic E-state index is 0.168. The minimum Gasteiger partial charge on any atom is -0.302 e. The third-order valence-corrected chi connectivity index (χ3v) is 4.31. The SMILES string of the molecule is Cc1ccc(-n2nc(C(F)(F)F)cc2-c2ccc(S(=O)O)cc2)cc1. The zero-order valence-electron chi connectivity index (χ0n) is 13.0. The number of aryl methyl sites for hydroxylation is 1. The summed E-state index contributed by atoms with van der Waals surface area (Å²) in [6, 6.07) is 13.7. The van der Waals surface area contributed by atoms with Crippen molar-refractivity contribution in [3.8, 4) is 16.9 Å². The first-order chi connectivity index (χ1) is 11.8. The second-order valence-electron chi connectivity index (χ2n) is 5.43. The van der Waals surface area contributed by atoms with Crippen LogP contribution in [0.2, 0.25) is 0 Å². The third kappa shape index (κ3) is 3.64. The molecule has 1 heterocycles. The van der Waals surface area contributed by atoms with Gasteiger partial charge in [0.2, 0.25) is 0 Å². The summed E-state index contributed by atoms with van der Waals surface area (Å²) in [6.07, 6.45) is -4.57. The molecule has 25 heavy (non-hydrogen) atoms. The molecule has 0 fully saturated rings. The molecule has 130 valence electrons. The summed E-state index contributed by atoms with van der Waals surface area (Å²) < 4.78 is 60.6. The second kappa shape index (κ2) is 6.45. The Morgan fingerprint density at radius 3 is 2.16 bits per heavy atom. The van der Waals surface area contributed by atoms with Crippen LogP contribution in [0.5, 0.6) is 0 Å². The maximum absolute atomic E-state index is 13.1. The average molecular weight is 366 g/mol. The summed E-state index contributed by atoms with van der Waals surface area (Å²) in [7, 11) is 0. The number of alkyl halides is 3. The van der Waals surface area contributed by atoms with Crippen molar-refractivity contribution < 1.29 is 21.9 Å². The summed E-state index contributed by atoms with van der Waals surface area (Å²) in [5.41, 5.74) is 1.16. The van der Waals surface area contributed by atoms with Gasteiger partial charge in [-0.05, 0) is 37.3 Å². The van der Waals surface area contributed by atoms with Crippen LogP contribution in [-0.4, -0.2) is 18.5 Å². The minimum atomic E-state index is -4.57. The van der Waals surface area contributed by atoms with Crippen LogP contribution in [0.1, 0.15) is 11.3 Å². The van der Waals surface area contributed by atoms with Crippen LogP contribution >= 0.6 is 0 Å². The van der Waals surface area contributed by atoms with Crippen LogP contribution in [0.15, 0.2) is 59.5 Å². The van der Waals surface area contributed by atoms with Crippen LogP contribution in [0.3, 0.4) is 0 Å². The van der Waals surface area contributed by atoms with Gasteiger partial charge in [-0.1, -0.05) is 29.8 Å². The molecule has 0 saturated heterocycles. The zero-order valence-corrected chi connectivity index (χ0v) is 13.8. The molecule has 3 rings (SSSR count). The molecular weight excluding hydrogens is 353 g/mol. The lowest BCUT2D eigenvalue weighted by Gasteiger charge is -2.08. The Labute approximate surface area is 144 Å². The fourth-order valence-electron chi connectivity index (χ4n) is 2.35. The number of halogens is 3. The predicted octanol–water partition coefficient (Wildman–Crippen LogP) is 4.45. The lowest BCUT2D eigenvalue weighted by atomic mass is 10.1. The molecule has 0 bridgehead atoms. The Morgan fingerprint density at radius 1 is 1.04 bits per heavy atom. The van der Waals surface area contributed by atoms with E-state index in [4.69, 9.17) is 4.55 Å². The Morgan fingerprint density at radius 2 is 1.64 bits per heavy atom. The molecule has 1 atom stereocenters. The van der Waals surface area contributed by atoms with Crippen LogP contribution in [0.4, 0.5) is 13.2 Å². The molecule has 0 spiro atoms. The van der Waals surface area contributed by atoms with Crippen molar-refractivity contribution >= 4 is 11.1 Å². The van der Waals surface area contributed by atoms with Crippen molar-refractivity contribution in [3.05, 3.63) is 65.9 Å². The molecule has 8 heteroatoms. The first-order valence-electron chi connectivity index (χ1n) is 7.21. The number of hydrogen-bond acceptors (Lipinski definition) is 2. The fraction of sp³-hybridized carbons (Fsp3) is 0.118. The maximum Gasteiger partial charge on any atom is 0.435 e. The van der Waals surface area contributed by atoms with Gasteiger partial charge in [0.1, 0.15) is 0 Å². The lowest BCUT2D eigenvalue weighted by molar-refractivity contribution is -0.141.